The van der Waals surface area contributed by atoms with E-state index in [4.69, 9.17) is 0 Å². The summed E-state index contributed by atoms with van der Waals surface area (Å²) >= 11 is 0. The van der Waals surface area contributed by atoms with E-state index in [9.17, 15) is 4.79 Å². The first-order valence-electron chi connectivity index (χ1n) is 6.70. The number of benzene rings is 1. The number of fused-ring (bicyclic) bond motifs is 1. The molecule has 19 heavy (non-hydrogen) atoms. The number of hydrogen-bond donors (Lipinski definition) is 1. The first-order chi connectivity index (χ1) is 9.22. The lowest BCUT2D eigenvalue weighted by molar-refractivity contribution is 0.241. The Hall–Kier alpha value is -1.87. The highest BCUT2D eigenvalue weighted by molar-refractivity contribution is 5.31. The summed E-state index contributed by atoms with van der Waals surface area (Å²) in [7, 11) is 0. The van der Waals surface area contributed by atoms with Crippen LogP contribution in [0.15, 0.2) is 41.2 Å². The Morgan fingerprint density at radius 3 is 2.84 bits per heavy atom. The van der Waals surface area contributed by atoms with Crippen molar-refractivity contribution in [2.45, 2.75) is 26.4 Å². The van der Waals surface area contributed by atoms with E-state index in [0.717, 1.165) is 37.3 Å². The van der Waals surface area contributed by atoms with E-state index in [-0.39, 0.29) is 5.56 Å². The maximum atomic E-state index is 11.6. The molecule has 0 radical (unpaired) electrons. The monoisotopic (exact) mass is 254 g/mol. The predicted octanol–water partition coefficient (Wildman–Crippen LogP) is 2.24. The third-order valence-corrected chi connectivity index (χ3v) is 3.77. The fourth-order valence-corrected chi connectivity index (χ4v) is 2.81. The van der Waals surface area contributed by atoms with Gasteiger partial charge in [-0.25, -0.2) is 0 Å². The average Bonchev–Trinajstić information content (AvgIpc) is 2.39. The van der Waals surface area contributed by atoms with Gasteiger partial charge in [-0.15, -0.1) is 0 Å². The minimum absolute atomic E-state index is 0.0119. The first kappa shape index (κ1) is 12.2. The maximum absolute atomic E-state index is 11.6. The summed E-state index contributed by atoms with van der Waals surface area (Å²) in [5.41, 5.74) is 4.87. The third-order valence-electron chi connectivity index (χ3n) is 3.77. The molecule has 0 spiro atoms. The summed E-state index contributed by atoms with van der Waals surface area (Å²) in [5, 5.41) is 0. The second-order valence-electron chi connectivity index (χ2n) is 5.22. The van der Waals surface area contributed by atoms with Crippen LogP contribution >= 0.6 is 0 Å². The van der Waals surface area contributed by atoms with Crippen molar-refractivity contribution in [2.24, 2.45) is 0 Å². The van der Waals surface area contributed by atoms with Gasteiger partial charge < -0.3 is 4.98 Å². The van der Waals surface area contributed by atoms with Gasteiger partial charge in [0.25, 0.3) is 0 Å². The van der Waals surface area contributed by atoms with Gasteiger partial charge in [0, 0.05) is 31.4 Å². The summed E-state index contributed by atoms with van der Waals surface area (Å²) in [6.07, 6.45) is 1.02. The van der Waals surface area contributed by atoms with E-state index < -0.39 is 0 Å². The Morgan fingerprint density at radius 2 is 2.05 bits per heavy atom. The van der Waals surface area contributed by atoms with Crippen LogP contribution in [0.25, 0.3) is 0 Å². The molecule has 0 saturated heterocycles. The first-order valence-corrected chi connectivity index (χ1v) is 6.70. The molecule has 2 heterocycles. The highest BCUT2D eigenvalue weighted by Gasteiger charge is 2.18. The van der Waals surface area contributed by atoms with Crippen LogP contribution in [-0.2, 0) is 19.5 Å². The van der Waals surface area contributed by atoms with Crippen molar-refractivity contribution in [3.05, 3.63) is 69.1 Å². The van der Waals surface area contributed by atoms with E-state index >= 15 is 0 Å². The molecule has 3 heteroatoms. The third kappa shape index (κ3) is 2.61. The zero-order chi connectivity index (χ0) is 13.2. The highest BCUT2D eigenvalue weighted by atomic mass is 16.1. The van der Waals surface area contributed by atoms with Crippen molar-refractivity contribution >= 4 is 0 Å². The van der Waals surface area contributed by atoms with Gasteiger partial charge in [0.1, 0.15) is 0 Å². The standard InChI is InChI=1S/C16H18N2O/c1-12-9-16(19)17-15-11-18(8-7-14(12)15)10-13-5-3-2-4-6-13/h2-6,9H,7-8,10-11H2,1H3,(H,17,19). The number of nitrogens with zero attached hydrogens (tertiary/aromatic N) is 1. The molecule has 1 N–H and O–H groups in total. The van der Waals surface area contributed by atoms with Crippen molar-refractivity contribution < 1.29 is 0 Å². The lowest BCUT2D eigenvalue weighted by Gasteiger charge is -2.29. The molecular weight excluding hydrogens is 236 g/mol. The number of rotatable bonds is 2. The van der Waals surface area contributed by atoms with Crippen LogP contribution in [-0.4, -0.2) is 16.4 Å². The molecule has 1 aliphatic rings. The van der Waals surface area contributed by atoms with Crippen molar-refractivity contribution in [2.75, 3.05) is 6.54 Å². The molecule has 98 valence electrons. The van der Waals surface area contributed by atoms with E-state index in [1.54, 1.807) is 6.07 Å². The molecule has 0 saturated carbocycles. The van der Waals surface area contributed by atoms with Crippen LogP contribution in [0.1, 0.15) is 22.4 Å². The fourth-order valence-electron chi connectivity index (χ4n) is 2.81. The normalized spacial score (nSPS) is 15.2. The largest absolute Gasteiger partial charge is 0.325 e. The molecule has 1 aromatic carbocycles. The smallest absolute Gasteiger partial charge is 0.248 e. The number of aromatic amines is 1. The predicted molar refractivity (Wildman–Crippen MR) is 76.1 cm³/mol. The van der Waals surface area contributed by atoms with Crippen molar-refractivity contribution in [3.8, 4) is 0 Å². The Balaban J connectivity index is 1.81. The van der Waals surface area contributed by atoms with Crippen molar-refractivity contribution in [3.63, 3.8) is 0 Å². The summed E-state index contributed by atoms with van der Waals surface area (Å²) < 4.78 is 0. The molecule has 0 bridgehead atoms. The Labute approximate surface area is 112 Å². The van der Waals surface area contributed by atoms with Gasteiger partial charge in [-0.1, -0.05) is 30.3 Å². The van der Waals surface area contributed by atoms with Gasteiger partial charge in [0.05, 0.1) is 0 Å². The number of hydrogen-bond acceptors (Lipinski definition) is 2. The average molecular weight is 254 g/mol. The Bertz CT molecular complexity index is 631. The van der Waals surface area contributed by atoms with E-state index in [1.165, 1.54) is 11.1 Å². The quantitative estimate of drug-likeness (QED) is 0.892. The SMILES string of the molecule is Cc1cc(=O)[nH]c2c1CCN(Cc1ccccc1)C2. The molecule has 0 aliphatic carbocycles. The van der Waals surface area contributed by atoms with Gasteiger partial charge in [-0.3, -0.25) is 9.69 Å². The van der Waals surface area contributed by atoms with Gasteiger partial charge in [0.2, 0.25) is 5.56 Å². The highest BCUT2D eigenvalue weighted by Crippen LogP contribution is 2.20. The molecule has 0 atom stereocenters. The fraction of sp³-hybridized carbons (Fsp3) is 0.312. The molecule has 0 amide bonds. The number of H-pyrrole nitrogens is 1. The number of nitrogens with one attached hydrogen (secondary N) is 1. The van der Waals surface area contributed by atoms with Crippen LogP contribution in [0, 0.1) is 6.92 Å². The van der Waals surface area contributed by atoms with Crippen LogP contribution in [0.5, 0.6) is 0 Å². The topological polar surface area (TPSA) is 36.1 Å². The van der Waals surface area contributed by atoms with Crippen LogP contribution in [0.3, 0.4) is 0 Å². The minimum atomic E-state index is 0.0119. The summed E-state index contributed by atoms with van der Waals surface area (Å²) in [4.78, 5) is 16.9. The molecule has 0 unspecified atom stereocenters. The summed E-state index contributed by atoms with van der Waals surface area (Å²) in [5.74, 6) is 0. The van der Waals surface area contributed by atoms with Gasteiger partial charge in [-0.05, 0) is 30.0 Å². The molecule has 0 fully saturated rings. The van der Waals surface area contributed by atoms with E-state index in [1.807, 2.05) is 13.0 Å². The number of aryl methyl sites for hydroxylation is 1. The maximum Gasteiger partial charge on any atom is 0.248 e. The van der Waals surface area contributed by atoms with Gasteiger partial charge >= 0.3 is 0 Å². The summed E-state index contributed by atoms with van der Waals surface area (Å²) in [6.45, 7) is 4.85. The Kier molecular flexibility index (Phi) is 3.22. The van der Waals surface area contributed by atoms with E-state index in [0.29, 0.717) is 0 Å². The molecular formula is C16H18N2O. The molecule has 3 nitrogen and oxygen atoms in total. The van der Waals surface area contributed by atoms with Crippen LogP contribution < -0.4 is 5.56 Å². The second-order valence-corrected chi connectivity index (χ2v) is 5.22. The lowest BCUT2D eigenvalue weighted by Crippen LogP contribution is -2.32. The molecule has 1 aromatic heterocycles. The van der Waals surface area contributed by atoms with Crippen LogP contribution in [0.2, 0.25) is 0 Å². The van der Waals surface area contributed by atoms with Crippen molar-refractivity contribution in [1.82, 2.24) is 9.88 Å². The summed E-state index contributed by atoms with van der Waals surface area (Å²) in [6, 6.07) is 12.2. The molecule has 3 rings (SSSR count). The van der Waals surface area contributed by atoms with Gasteiger partial charge in [0.15, 0.2) is 0 Å². The van der Waals surface area contributed by atoms with Crippen LogP contribution in [0.4, 0.5) is 0 Å². The zero-order valence-corrected chi connectivity index (χ0v) is 11.1. The molecule has 2 aromatic rings. The molecule has 1 aliphatic heterocycles. The van der Waals surface area contributed by atoms with E-state index in [2.05, 4.69) is 34.1 Å². The minimum Gasteiger partial charge on any atom is -0.325 e. The number of aromatic nitrogens is 1. The zero-order valence-electron chi connectivity index (χ0n) is 11.1. The Morgan fingerprint density at radius 1 is 1.26 bits per heavy atom. The van der Waals surface area contributed by atoms with Crippen molar-refractivity contribution in [1.29, 1.82) is 0 Å². The number of pyridine rings is 1. The second kappa shape index (κ2) is 5.02. The van der Waals surface area contributed by atoms with Gasteiger partial charge in [-0.2, -0.15) is 0 Å². The lowest BCUT2D eigenvalue weighted by atomic mass is 10.00.